The lowest BCUT2D eigenvalue weighted by molar-refractivity contribution is 1.74. The van der Waals surface area contributed by atoms with E-state index in [1.807, 2.05) is 35.7 Å². The summed E-state index contributed by atoms with van der Waals surface area (Å²) in [6.45, 7) is 0. The highest BCUT2D eigenvalue weighted by Gasteiger charge is 1.78. The lowest BCUT2D eigenvalue weighted by Crippen LogP contribution is -1.48. The van der Waals surface area contributed by atoms with Crippen molar-refractivity contribution in [2.45, 2.75) is 0 Å². The van der Waals surface area contributed by atoms with E-state index < -0.39 is 0 Å². The number of hydrogen-bond acceptors (Lipinski definition) is 1. The summed E-state index contributed by atoms with van der Waals surface area (Å²) in [5.41, 5.74) is 0. The molecule has 1 heterocycles. The first-order chi connectivity index (χ1) is 5.29. The van der Waals surface area contributed by atoms with Crippen LogP contribution >= 0.6 is 43.2 Å². The Morgan fingerprint density at radius 3 is 2.55 bits per heavy atom. The molecule has 58 valence electrons. The fraction of sp³-hybridized carbons (Fsp3) is 0. The molecule has 0 aliphatic rings. The van der Waals surface area contributed by atoms with Crippen molar-refractivity contribution < 1.29 is 0 Å². The second kappa shape index (κ2) is 4.91. The molecule has 0 saturated heterocycles. The van der Waals surface area contributed by atoms with E-state index in [2.05, 4.69) is 31.9 Å². The molecule has 0 fully saturated rings. The van der Waals surface area contributed by atoms with Gasteiger partial charge in [0.05, 0.1) is 3.79 Å². The smallest absolute Gasteiger partial charge is 0.0698 e. The van der Waals surface area contributed by atoms with Crippen molar-refractivity contribution in [2.75, 3.05) is 0 Å². The van der Waals surface area contributed by atoms with Crippen LogP contribution in [0.25, 0.3) is 0 Å². The van der Waals surface area contributed by atoms with Gasteiger partial charge in [0.15, 0.2) is 0 Å². The molecule has 0 bridgehead atoms. The fourth-order valence-electron chi connectivity index (χ4n) is 0.538. The van der Waals surface area contributed by atoms with Crippen LogP contribution in [0.3, 0.4) is 0 Å². The Bertz CT molecular complexity index is 252. The van der Waals surface area contributed by atoms with Gasteiger partial charge in [-0.3, -0.25) is 0 Å². The zero-order valence-electron chi connectivity index (χ0n) is 5.63. The van der Waals surface area contributed by atoms with Gasteiger partial charge >= 0.3 is 0 Å². The van der Waals surface area contributed by atoms with E-state index in [1.54, 1.807) is 11.3 Å². The quantitative estimate of drug-likeness (QED) is 0.665. The Labute approximate surface area is 86.8 Å². The molecule has 1 aromatic heterocycles. The molecular formula is C8H6Br2S. The monoisotopic (exact) mass is 292 g/mol. The minimum Gasteiger partial charge on any atom is -0.137 e. The Balaban J connectivity index is 3.21. The van der Waals surface area contributed by atoms with Crippen LogP contribution < -0.4 is 0 Å². The number of hydrogen-bond donors (Lipinski definition) is 0. The van der Waals surface area contributed by atoms with Crippen LogP contribution in [0.2, 0.25) is 0 Å². The lowest BCUT2D eigenvalue weighted by Gasteiger charge is -1.75. The summed E-state index contributed by atoms with van der Waals surface area (Å²) in [7, 11) is 0. The number of rotatable bonds is 0. The van der Waals surface area contributed by atoms with Crippen molar-refractivity contribution in [3.63, 3.8) is 0 Å². The lowest BCUT2D eigenvalue weighted by atomic mass is 10.5. The molecule has 1 aromatic rings. The molecule has 0 atom stereocenters. The summed E-state index contributed by atoms with van der Waals surface area (Å²) < 4.78 is 2.19. The van der Waals surface area contributed by atoms with Crippen molar-refractivity contribution >= 4 is 43.2 Å². The van der Waals surface area contributed by atoms with Gasteiger partial charge in [0.25, 0.3) is 0 Å². The molecule has 0 aromatic carbocycles. The molecule has 0 N–H and O–H groups in total. The molecule has 0 nitrogen and oxygen atoms in total. The van der Waals surface area contributed by atoms with E-state index in [4.69, 9.17) is 0 Å². The first-order valence-electron chi connectivity index (χ1n) is 3.02. The zero-order chi connectivity index (χ0) is 8.10. The van der Waals surface area contributed by atoms with Crippen molar-refractivity contribution in [3.05, 3.63) is 44.0 Å². The first-order valence-corrected chi connectivity index (χ1v) is 5.48. The Hall–Kier alpha value is 0.140. The van der Waals surface area contributed by atoms with Crippen LogP contribution in [0.15, 0.2) is 44.0 Å². The van der Waals surface area contributed by atoms with Crippen molar-refractivity contribution in [1.82, 2.24) is 0 Å². The van der Waals surface area contributed by atoms with E-state index in [0.717, 1.165) is 8.26 Å². The molecule has 0 unspecified atom stereocenters. The maximum Gasteiger partial charge on any atom is 0.0698 e. The average molecular weight is 294 g/mol. The maximum absolute atomic E-state index is 3.41. The summed E-state index contributed by atoms with van der Waals surface area (Å²) in [5, 5.41) is 2.02. The molecule has 0 amide bonds. The SMILES string of the molecule is Brc1ccccc(Br)scc1. The van der Waals surface area contributed by atoms with E-state index in [9.17, 15) is 0 Å². The van der Waals surface area contributed by atoms with Gasteiger partial charge in [-0.15, -0.1) is 11.3 Å². The molecular weight excluding hydrogens is 288 g/mol. The van der Waals surface area contributed by atoms with Gasteiger partial charge in [0.2, 0.25) is 0 Å². The van der Waals surface area contributed by atoms with Gasteiger partial charge in [-0.2, -0.15) is 0 Å². The highest BCUT2D eigenvalue weighted by atomic mass is 79.9. The summed E-state index contributed by atoms with van der Waals surface area (Å²) >= 11 is 8.45. The zero-order valence-corrected chi connectivity index (χ0v) is 9.62. The topological polar surface area (TPSA) is 0 Å². The van der Waals surface area contributed by atoms with Gasteiger partial charge in [-0.05, 0) is 39.5 Å². The van der Waals surface area contributed by atoms with E-state index in [0.29, 0.717) is 0 Å². The van der Waals surface area contributed by atoms with Crippen molar-refractivity contribution in [3.8, 4) is 0 Å². The molecule has 0 aliphatic carbocycles. The fourth-order valence-corrected chi connectivity index (χ4v) is 1.98. The van der Waals surface area contributed by atoms with Gasteiger partial charge in [0.1, 0.15) is 0 Å². The molecule has 11 heavy (non-hydrogen) atoms. The van der Waals surface area contributed by atoms with E-state index >= 15 is 0 Å². The molecule has 0 saturated carbocycles. The predicted molar refractivity (Wildman–Crippen MR) is 57.3 cm³/mol. The van der Waals surface area contributed by atoms with Crippen LogP contribution in [0.1, 0.15) is 0 Å². The minimum atomic E-state index is 1.08. The third kappa shape index (κ3) is 3.89. The van der Waals surface area contributed by atoms with Gasteiger partial charge in [0, 0.05) is 4.47 Å². The molecule has 1 rings (SSSR count). The van der Waals surface area contributed by atoms with Crippen LogP contribution in [0.4, 0.5) is 0 Å². The van der Waals surface area contributed by atoms with E-state index in [-0.39, 0.29) is 0 Å². The summed E-state index contributed by atoms with van der Waals surface area (Å²) in [6, 6.07) is 10.00. The van der Waals surface area contributed by atoms with Crippen molar-refractivity contribution in [1.29, 1.82) is 0 Å². The molecule has 0 radical (unpaired) electrons. The van der Waals surface area contributed by atoms with Crippen LogP contribution in [0, 0.1) is 0 Å². The maximum atomic E-state index is 3.41. The van der Waals surface area contributed by atoms with Crippen LogP contribution in [0.5, 0.6) is 0 Å². The van der Waals surface area contributed by atoms with Crippen LogP contribution in [-0.4, -0.2) is 0 Å². The van der Waals surface area contributed by atoms with Gasteiger partial charge in [-0.25, -0.2) is 0 Å². The van der Waals surface area contributed by atoms with Gasteiger partial charge < -0.3 is 0 Å². The molecule has 3 heteroatoms. The summed E-state index contributed by atoms with van der Waals surface area (Å²) in [4.78, 5) is 0. The summed E-state index contributed by atoms with van der Waals surface area (Å²) in [5.74, 6) is 0. The van der Waals surface area contributed by atoms with Crippen molar-refractivity contribution in [2.24, 2.45) is 0 Å². The van der Waals surface area contributed by atoms with Gasteiger partial charge in [-0.1, -0.05) is 28.1 Å². The average Bonchev–Trinajstić information content (AvgIpc) is 2.04. The molecule has 0 aliphatic heterocycles. The Morgan fingerprint density at radius 1 is 1.00 bits per heavy atom. The summed E-state index contributed by atoms with van der Waals surface area (Å²) in [6.07, 6.45) is 0. The highest BCUT2D eigenvalue weighted by molar-refractivity contribution is 9.11. The Kier molecular flexibility index (Phi) is 4.12. The Morgan fingerprint density at radius 2 is 1.73 bits per heavy atom. The highest BCUT2D eigenvalue weighted by Crippen LogP contribution is 2.13. The third-order valence-electron chi connectivity index (χ3n) is 1.00. The second-order valence-corrected chi connectivity index (χ2v) is 5.07. The number of halogens is 2. The largest absolute Gasteiger partial charge is 0.137 e. The minimum absolute atomic E-state index is 1.08. The van der Waals surface area contributed by atoms with Crippen LogP contribution in [-0.2, 0) is 0 Å². The first kappa shape index (κ1) is 9.23. The van der Waals surface area contributed by atoms with E-state index in [1.165, 1.54) is 0 Å². The normalized spacial score (nSPS) is 8.91. The second-order valence-electron chi connectivity index (χ2n) is 1.83. The molecule has 0 spiro atoms. The predicted octanol–water partition coefficient (Wildman–Crippen LogP) is 4.40. The standard InChI is InChI=1S/C8H6Br2S/c9-7-3-1-2-4-8(10)11-6-5-7/h1-6H. The third-order valence-corrected chi connectivity index (χ3v) is 2.99.